The molecule has 0 bridgehead atoms. The van der Waals surface area contributed by atoms with Crippen molar-refractivity contribution in [2.24, 2.45) is 11.8 Å². The SMILES string of the molecule is CC1CC1C(=O)NCCC(=O)N(C)c1cccc(C#N)c1. The van der Waals surface area contributed by atoms with Crippen molar-refractivity contribution in [1.82, 2.24) is 5.32 Å². The number of carbonyl (C=O) groups excluding carboxylic acids is 2. The van der Waals surface area contributed by atoms with Gasteiger partial charge in [-0.3, -0.25) is 9.59 Å². The van der Waals surface area contributed by atoms with Crippen LogP contribution in [0.15, 0.2) is 24.3 Å². The van der Waals surface area contributed by atoms with Crippen LogP contribution in [0.4, 0.5) is 5.69 Å². The Kier molecular flexibility index (Phi) is 4.59. The van der Waals surface area contributed by atoms with E-state index in [1.54, 1.807) is 31.3 Å². The number of hydrogen-bond donors (Lipinski definition) is 1. The molecule has 0 aromatic heterocycles. The smallest absolute Gasteiger partial charge is 0.228 e. The Labute approximate surface area is 124 Å². The number of hydrogen-bond acceptors (Lipinski definition) is 3. The predicted molar refractivity (Wildman–Crippen MR) is 79.5 cm³/mol. The highest BCUT2D eigenvalue weighted by atomic mass is 16.2. The van der Waals surface area contributed by atoms with E-state index in [1.807, 2.05) is 13.0 Å². The normalized spacial score (nSPS) is 19.5. The molecule has 5 nitrogen and oxygen atoms in total. The summed E-state index contributed by atoms with van der Waals surface area (Å²) in [5, 5.41) is 11.7. The number of amides is 2. The van der Waals surface area contributed by atoms with Crippen molar-refractivity contribution in [3.8, 4) is 6.07 Å². The van der Waals surface area contributed by atoms with E-state index in [0.29, 0.717) is 23.7 Å². The summed E-state index contributed by atoms with van der Waals surface area (Å²) in [5.41, 5.74) is 1.20. The molecule has 2 amide bonds. The van der Waals surface area contributed by atoms with Crippen LogP contribution in [0.2, 0.25) is 0 Å². The number of anilines is 1. The van der Waals surface area contributed by atoms with Crippen molar-refractivity contribution >= 4 is 17.5 Å². The number of benzene rings is 1. The van der Waals surface area contributed by atoms with Crippen LogP contribution in [0.25, 0.3) is 0 Å². The predicted octanol–water partition coefficient (Wildman–Crippen LogP) is 1.68. The van der Waals surface area contributed by atoms with Crippen molar-refractivity contribution in [3.05, 3.63) is 29.8 Å². The van der Waals surface area contributed by atoms with Gasteiger partial charge in [0.1, 0.15) is 0 Å². The topological polar surface area (TPSA) is 73.2 Å². The summed E-state index contributed by atoms with van der Waals surface area (Å²) in [6.07, 6.45) is 1.20. The van der Waals surface area contributed by atoms with Crippen LogP contribution in [0.3, 0.4) is 0 Å². The lowest BCUT2D eigenvalue weighted by Gasteiger charge is -2.17. The fraction of sp³-hybridized carbons (Fsp3) is 0.438. The van der Waals surface area contributed by atoms with Gasteiger partial charge in [-0.15, -0.1) is 0 Å². The highest BCUT2D eigenvalue weighted by Gasteiger charge is 2.38. The van der Waals surface area contributed by atoms with Gasteiger partial charge in [-0.1, -0.05) is 13.0 Å². The second-order valence-electron chi connectivity index (χ2n) is 5.48. The average Bonchev–Trinajstić information content (AvgIpc) is 3.23. The molecule has 0 heterocycles. The molecule has 0 radical (unpaired) electrons. The van der Waals surface area contributed by atoms with Crippen molar-refractivity contribution in [2.75, 3.05) is 18.5 Å². The summed E-state index contributed by atoms with van der Waals surface area (Å²) in [7, 11) is 1.67. The fourth-order valence-electron chi connectivity index (χ4n) is 2.21. The lowest BCUT2D eigenvalue weighted by molar-refractivity contribution is -0.122. The minimum Gasteiger partial charge on any atom is -0.355 e. The Bertz CT molecular complexity index is 591. The summed E-state index contributed by atoms with van der Waals surface area (Å²) < 4.78 is 0. The number of nitrogens with one attached hydrogen (secondary N) is 1. The zero-order valence-corrected chi connectivity index (χ0v) is 12.3. The van der Waals surface area contributed by atoms with Gasteiger partial charge in [0, 0.05) is 31.6 Å². The van der Waals surface area contributed by atoms with Gasteiger partial charge in [0.25, 0.3) is 0 Å². The van der Waals surface area contributed by atoms with Crippen LogP contribution in [-0.4, -0.2) is 25.4 Å². The summed E-state index contributed by atoms with van der Waals surface area (Å²) >= 11 is 0. The molecule has 0 aliphatic heterocycles. The monoisotopic (exact) mass is 285 g/mol. The third-order valence-corrected chi connectivity index (χ3v) is 3.82. The van der Waals surface area contributed by atoms with E-state index in [-0.39, 0.29) is 24.2 Å². The first-order valence-electron chi connectivity index (χ1n) is 7.07. The molecule has 2 rings (SSSR count). The van der Waals surface area contributed by atoms with E-state index in [2.05, 4.69) is 5.32 Å². The Morgan fingerprint density at radius 1 is 1.48 bits per heavy atom. The lowest BCUT2D eigenvalue weighted by atomic mass is 10.2. The second-order valence-corrected chi connectivity index (χ2v) is 5.48. The van der Waals surface area contributed by atoms with Gasteiger partial charge in [0.2, 0.25) is 11.8 Å². The molecule has 2 atom stereocenters. The molecule has 1 aromatic rings. The molecule has 1 aromatic carbocycles. The van der Waals surface area contributed by atoms with Gasteiger partial charge in [0.05, 0.1) is 11.6 Å². The van der Waals surface area contributed by atoms with Crippen LogP contribution in [0.1, 0.15) is 25.3 Å². The summed E-state index contributed by atoms with van der Waals surface area (Å²) in [4.78, 5) is 25.2. The quantitative estimate of drug-likeness (QED) is 0.894. The zero-order valence-electron chi connectivity index (χ0n) is 12.3. The first-order valence-corrected chi connectivity index (χ1v) is 7.07. The van der Waals surface area contributed by atoms with Gasteiger partial charge < -0.3 is 10.2 Å². The minimum atomic E-state index is -0.0887. The van der Waals surface area contributed by atoms with E-state index in [4.69, 9.17) is 5.26 Å². The lowest BCUT2D eigenvalue weighted by Crippen LogP contribution is -2.32. The van der Waals surface area contributed by atoms with Crippen LogP contribution in [0.5, 0.6) is 0 Å². The third-order valence-electron chi connectivity index (χ3n) is 3.82. The molecule has 1 N–H and O–H groups in total. The van der Waals surface area contributed by atoms with E-state index in [1.165, 1.54) is 4.90 Å². The Morgan fingerprint density at radius 2 is 2.19 bits per heavy atom. The number of rotatable bonds is 5. The van der Waals surface area contributed by atoms with Gasteiger partial charge in [-0.2, -0.15) is 5.26 Å². The van der Waals surface area contributed by atoms with Crippen molar-refractivity contribution < 1.29 is 9.59 Å². The number of carbonyl (C=O) groups is 2. The van der Waals surface area contributed by atoms with Crippen molar-refractivity contribution in [2.45, 2.75) is 19.8 Å². The molecule has 2 unspecified atom stereocenters. The van der Waals surface area contributed by atoms with Gasteiger partial charge in [-0.25, -0.2) is 0 Å². The largest absolute Gasteiger partial charge is 0.355 e. The first kappa shape index (κ1) is 15.0. The maximum absolute atomic E-state index is 12.1. The third kappa shape index (κ3) is 3.82. The molecule has 1 saturated carbocycles. The first-order chi connectivity index (χ1) is 10.0. The molecule has 21 heavy (non-hydrogen) atoms. The van der Waals surface area contributed by atoms with Crippen molar-refractivity contribution in [3.63, 3.8) is 0 Å². The van der Waals surface area contributed by atoms with Crippen LogP contribution in [0, 0.1) is 23.2 Å². The molecule has 110 valence electrons. The molecule has 0 spiro atoms. The van der Waals surface area contributed by atoms with Crippen molar-refractivity contribution in [1.29, 1.82) is 5.26 Å². The van der Waals surface area contributed by atoms with E-state index >= 15 is 0 Å². The Hall–Kier alpha value is -2.35. The minimum absolute atomic E-state index is 0.0458. The van der Waals surface area contributed by atoms with E-state index in [0.717, 1.165) is 6.42 Å². The highest BCUT2D eigenvalue weighted by molar-refractivity contribution is 5.93. The fourth-order valence-corrected chi connectivity index (χ4v) is 2.21. The molecule has 0 saturated heterocycles. The molecular weight excluding hydrogens is 266 g/mol. The van der Waals surface area contributed by atoms with Crippen LogP contribution < -0.4 is 10.2 Å². The standard InChI is InChI=1S/C16H19N3O2/c1-11-8-14(11)16(21)18-7-6-15(20)19(2)13-5-3-4-12(9-13)10-17/h3-5,9,11,14H,6-8H2,1-2H3,(H,18,21). The number of nitriles is 1. The second kappa shape index (κ2) is 6.40. The maximum Gasteiger partial charge on any atom is 0.228 e. The summed E-state index contributed by atoms with van der Waals surface area (Å²) in [6, 6.07) is 8.94. The zero-order chi connectivity index (χ0) is 15.4. The van der Waals surface area contributed by atoms with Gasteiger partial charge in [0.15, 0.2) is 0 Å². The molecular formula is C16H19N3O2. The van der Waals surface area contributed by atoms with Gasteiger partial charge >= 0.3 is 0 Å². The Balaban J connectivity index is 1.82. The highest BCUT2D eigenvalue weighted by Crippen LogP contribution is 2.37. The average molecular weight is 285 g/mol. The van der Waals surface area contributed by atoms with Crippen LogP contribution in [-0.2, 0) is 9.59 Å². The van der Waals surface area contributed by atoms with Crippen LogP contribution >= 0.6 is 0 Å². The number of nitrogens with zero attached hydrogens (tertiary/aromatic N) is 2. The molecule has 1 aliphatic rings. The van der Waals surface area contributed by atoms with E-state index < -0.39 is 0 Å². The summed E-state index contributed by atoms with van der Waals surface area (Å²) in [6.45, 7) is 2.40. The van der Waals surface area contributed by atoms with E-state index in [9.17, 15) is 9.59 Å². The molecule has 1 aliphatic carbocycles. The Morgan fingerprint density at radius 3 is 2.81 bits per heavy atom. The van der Waals surface area contributed by atoms with Gasteiger partial charge in [-0.05, 0) is 30.5 Å². The summed E-state index contributed by atoms with van der Waals surface area (Å²) in [5.74, 6) is 0.556. The molecule has 1 fully saturated rings. The molecule has 5 heteroatoms. The maximum atomic E-state index is 12.1.